The van der Waals surface area contributed by atoms with Crippen LogP contribution >= 0.6 is 0 Å². The molecule has 0 saturated carbocycles. The molecule has 0 saturated heterocycles. The quantitative estimate of drug-likeness (QED) is 0.183. The molecule has 2 nitrogen and oxygen atoms in total. The van der Waals surface area contributed by atoms with E-state index in [2.05, 4.69) is 176 Å². The van der Waals surface area contributed by atoms with Crippen LogP contribution in [-0.2, 0) is 5.41 Å². The van der Waals surface area contributed by atoms with Crippen LogP contribution in [0.2, 0.25) is 0 Å². The summed E-state index contributed by atoms with van der Waals surface area (Å²) in [6, 6.07) is 65.6. The molecule has 1 aliphatic rings. The van der Waals surface area contributed by atoms with Gasteiger partial charge >= 0.3 is 0 Å². The van der Waals surface area contributed by atoms with E-state index in [4.69, 9.17) is 9.97 Å². The second kappa shape index (κ2) is 10.8. The van der Waals surface area contributed by atoms with E-state index in [0.29, 0.717) is 0 Å². The van der Waals surface area contributed by atoms with E-state index >= 15 is 0 Å². The summed E-state index contributed by atoms with van der Waals surface area (Å²) in [5.74, 6) is 0. The Bertz CT molecular complexity index is 2660. The second-order valence-corrected chi connectivity index (χ2v) is 12.9. The van der Waals surface area contributed by atoms with Gasteiger partial charge in [-0.3, -0.25) is 0 Å². The summed E-state index contributed by atoms with van der Waals surface area (Å²) in [6.07, 6.45) is 0. The predicted molar refractivity (Wildman–Crippen MR) is 203 cm³/mol. The van der Waals surface area contributed by atoms with Crippen molar-refractivity contribution in [2.75, 3.05) is 0 Å². The summed E-state index contributed by atoms with van der Waals surface area (Å²) >= 11 is 0. The van der Waals surface area contributed by atoms with Gasteiger partial charge in [0.05, 0.1) is 27.8 Å². The molecule has 1 heterocycles. The van der Waals surface area contributed by atoms with Crippen LogP contribution in [0.4, 0.5) is 0 Å². The van der Waals surface area contributed by atoms with E-state index in [-0.39, 0.29) is 0 Å². The minimum atomic E-state index is -0.449. The van der Waals surface area contributed by atoms with Gasteiger partial charge in [0.1, 0.15) is 0 Å². The Labute approximate surface area is 285 Å². The fraction of sp³-hybridized carbons (Fsp3) is 0.0213. The van der Waals surface area contributed by atoms with Crippen molar-refractivity contribution in [1.82, 2.24) is 9.97 Å². The van der Waals surface area contributed by atoms with Crippen molar-refractivity contribution in [3.05, 3.63) is 204 Å². The Morgan fingerprint density at radius 1 is 0.367 bits per heavy atom. The smallest absolute Gasteiger partial charge is 0.0973 e. The van der Waals surface area contributed by atoms with Crippen LogP contribution in [0.15, 0.2) is 182 Å². The maximum atomic E-state index is 5.42. The van der Waals surface area contributed by atoms with E-state index < -0.39 is 5.41 Å². The van der Waals surface area contributed by atoms with E-state index in [1.54, 1.807) is 0 Å². The highest BCUT2D eigenvalue weighted by molar-refractivity contribution is 6.06. The van der Waals surface area contributed by atoms with Crippen LogP contribution in [0, 0.1) is 0 Å². The van der Waals surface area contributed by atoms with Crippen LogP contribution in [0.3, 0.4) is 0 Å². The molecule has 49 heavy (non-hydrogen) atoms. The Balaban J connectivity index is 1.26. The van der Waals surface area contributed by atoms with Crippen LogP contribution < -0.4 is 0 Å². The molecule has 0 bridgehead atoms. The molecule has 0 unspecified atom stereocenters. The highest BCUT2D eigenvalue weighted by atomic mass is 14.8. The molecule has 0 aliphatic heterocycles. The molecule has 0 fully saturated rings. The van der Waals surface area contributed by atoms with Gasteiger partial charge in [-0.15, -0.1) is 0 Å². The van der Waals surface area contributed by atoms with Gasteiger partial charge in [-0.1, -0.05) is 158 Å². The monoisotopic (exact) mass is 622 g/mol. The molecule has 1 aromatic heterocycles. The third-order valence-corrected chi connectivity index (χ3v) is 10.3. The van der Waals surface area contributed by atoms with Crippen molar-refractivity contribution < 1.29 is 0 Å². The zero-order chi connectivity index (χ0) is 32.4. The standard InChI is InChI=1S/C47H30N2/c1-4-15-32(16-5-1)44-45(49-46-38-21-11-10-14-31(38)26-27-43(46)48-44)34-25-24-33-29-40-39-22-12-13-23-41(39)47(36-17-6-2-7-18-36,37-19-8-3-9-20-37)42(40)30-35(33)28-34/h1-30H. The summed E-state index contributed by atoms with van der Waals surface area (Å²) in [7, 11) is 0. The van der Waals surface area contributed by atoms with Crippen molar-refractivity contribution in [1.29, 1.82) is 0 Å². The number of benzene rings is 8. The topological polar surface area (TPSA) is 25.8 Å². The van der Waals surface area contributed by atoms with Crippen molar-refractivity contribution in [2.45, 2.75) is 5.41 Å². The van der Waals surface area contributed by atoms with Gasteiger partial charge < -0.3 is 0 Å². The Hall–Kier alpha value is -6.38. The Morgan fingerprint density at radius 3 is 1.78 bits per heavy atom. The zero-order valence-corrected chi connectivity index (χ0v) is 26.7. The number of hydrogen-bond donors (Lipinski definition) is 0. The zero-order valence-electron chi connectivity index (χ0n) is 26.7. The summed E-state index contributed by atoms with van der Waals surface area (Å²) in [5, 5.41) is 4.66. The molecular formula is C47H30N2. The highest BCUT2D eigenvalue weighted by Crippen LogP contribution is 2.56. The van der Waals surface area contributed by atoms with Gasteiger partial charge in [-0.2, -0.15) is 0 Å². The highest BCUT2D eigenvalue weighted by Gasteiger charge is 2.46. The van der Waals surface area contributed by atoms with Crippen LogP contribution in [-0.4, -0.2) is 9.97 Å². The molecular weight excluding hydrogens is 593 g/mol. The third-order valence-electron chi connectivity index (χ3n) is 10.3. The van der Waals surface area contributed by atoms with Crippen LogP contribution in [0.1, 0.15) is 22.3 Å². The van der Waals surface area contributed by atoms with Gasteiger partial charge in [0.15, 0.2) is 0 Å². The number of aromatic nitrogens is 2. The van der Waals surface area contributed by atoms with E-state index in [9.17, 15) is 0 Å². The first-order chi connectivity index (χ1) is 24.3. The Kier molecular flexibility index (Phi) is 6.13. The minimum Gasteiger partial charge on any atom is -0.244 e. The fourth-order valence-electron chi connectivity index (χ4n) is 8.12. The largest absolute Gasteiger partial charge is 0.244 e. The average molecular weight is 623 g/mol. The molecule has 2 heteroatoms. The van der Waals surface area contributed by atoms with Gasteiger partial charge in [-0.25, -0.2) is 9.97 Å². The summed E-state index contributed by atoms with van der Waals surface area (Å²) in [4.78, 5) is 10.7. The molecule has 1 aliphatic carbocycles. The van der Waals surface area contributed by atoms with Gasteiger partial charge in [0, 0.05) is 16.5 Å². The van der Waals surface area contributed by atoms with Gasteiger partial charge in [0.25, 0.3) is 0 Å². The summed E-state index contributed by atoms with van der Waals surface area (Å²) in [5.41, 5.74) is 13.0. The van der Waals surface area contributed by atoms with E-state index in [0.717, 1.165) is 44.3 Å². The first-order valence-electron chi connectivity index (χ1n) is 16.8. The first kappa shape index (κ1) is 27.7. The minimum absolute atomic E-state index is 0.449. The fourth-order valence-corrected chi connectivity index (χ4v) is 8.12. The lowest BCUT2D eigenvalue weighted by molar-refractivity contribution is 0.769. The van der Waals surface area contributed by atoms with Crippen molar-refractivity contribution in [2.24, 2.45) is 0 Å². The van der Waals surface area contributed by atoms with Crippen molar-refractivity contribution >= 4 is 32.6 Å². The normalized spacial score (nSPS) is 13.1. The maximum Gasteiger partial charge on any atom is 0.0973 e. The lowest BCUT2D eigenvalue weighted by atomic mass is 9.67. The molecule has 0 N–H and O–H groups in total. The van der Waals surface area contributed by atoms with Crippen LogP contribution in [0.5, 0.6) is 0 Å². The molecule has 228 valence electrons. The molecule has 8 aromatic carbocycles. The van der Waals surface area contributed by atoms with Gasteiger partial charge in [-0.05, 0) is 73.8 Å². The molecule has 0 spiro atoms. The molecule has 0 amide bonds. The molecule has 0 atom stereocenters. The number of rotatable bonds is 4. The van der Waals surface area contributed by atoms with Crippen LogP contribution in [0.25, 0.3) is 66.2 Å². The van der Waals surface area contributed by atoms with Crippen molar-refractivity contribution in [3.8, 4) is 33.6 Å². The SMILES string of the molecule is c1ccc(-c2nc3ccc4ccccc4c3nc2-c2ccc3cc4c(cc3c2)C(c2ccccc2)(c2ccccc2)c2ccccc2-4)cc1. The molecule has 9 aromatic rings. The number of nitrogens with zero attached hydrogens (tertiary/aromatic N) is 2. The predicted octanol–water partition coefficient (Wildman–Crippen LogP) is 11.6. The third kappa shape index (κ3) is 4.14. The first-order valence-corrected chi connectivity index (χ1v) is 16.8. The number of hydrogen-bond acceptors (Lipinski definition) is 2. The number of fused-ring (bicyclic) bond motifs is 7. The lowest BCUT2D eigenvalue weighted by Crippen LogP contribution is -2.28. The van der Waals surface area contributed by atoms with E-state index in [1.165, 1.54) is 44.2 Å². The average Bonchev–Trinajstić information content (AvgIpc) is 3.47. The van der Waals surface area contributed by atoms with E-state index in [1.807, 2.05) is 6.07 Å². The molecule has 0 radical (unpaired) electrons. The summed E-state index contributed by atoms with van der Waals surface area (Å²) in [6.45, 7) is 0. The van der Waals surface area contributed by atoms with Crippen molar-refractivity contribution in [3.63, 3.8) is 0 Å². The Morgan fingerprint density at radius 2 is 1.00 bits per heavy atom. The molecule has 10 rings (SSSR count). The second-order valence-electron chi connectivity index (χ2n) is 12.9. The summed E-state index contributed by atoms with van der Waals surface area (Å²) < 4.78 is 0. The maximum absolute atomic E-state index is 5.42. The van der Waals surface area contributed by atoms with Gasteiger partial charge in [0.2, 0.25) is 0 Å². The lowest BCUT2D eigenvalue weighted by Gasteiger charge is -2.34.